The number of aromatic nitrogens is 1. The van der Waals surface area contributed by atoms with Gasteiger partial charge in [0.25, 0.3) is 0 Å². The maximum atomic E-state index is 6.12. The molecular formula is C17H26N2O2S. The largest absolute Gasteiger partial charge is 0.380 e. The van der Waals surface area contributed by atoms with E-state index in [1.807, 2.05) is 6.20 Å². The summed E-state index contributed by atoms with van der Waals surface area (Å²) in [5.41, 5.74) is 0.211. The van der Waals surface area contributed by atoms with Crippen molar-refractivity contribution >= 4 is 11.3 Å². The Balaban J connectivity index is 1.40. The minimum atomic E-state index is 0.211. The summed E-state index contributed by atoms with van der Waals surface area (Å²) in [5.74, 6) is 0.842. The van der Waals surface area contributed by atoms with Crippen molar-refractivity contribution < 1.29 is 9.47 Å². The Hall–Kier alpha value is -0.490. The molecule has 0 amide bonds. The highest BCUT2D eigenvalue weighted by Crippen LogP contribution is 2.41. The minimum absolute atomic E-state index is 0.211. The molecule has 1 aromatic heterocycles. The lowest BCUT2D eigenvalue weighted by Gasteiger charge is -2.50. The van der Waals surface area contributed by atoms with Crippen LogP contribution in [0.1, 0.15) is 37.1 Å². The van der Waals surface area contributed by atoms with E-state index in [4.69, 9.17) is 9.47 Å². The summed E-state index contributed by atoms with van der Waals surface area (Å²) < 4.78 is 12.2. The second kappa shape index (κ2) is 6.56. The van der Waals surface area contributed by atoms with Crippen molar-refractivity contribution in [1.82, 2.24) is 9.88 Å². The molecule has 3 aliphatic rings. The number of nitrogens with zero attached hydrogens (tertiary/aromatic N) is 2. The summed E-state index contributed by atoms with van der Waals surface area (Å²) in [4.78, 5) is 7.01. The smallest absolute Gasteiger partial charge is 0.107 e. The van der Waals surface area contributed by atoms with Crippen LogP contribution in [-0.4, -0.2) is 48.9 Å². The quantitative estimate of drug-likeness (QED) is 0.806. The Labute approximate surface area is 136 Å². The fourth-order valence-electron chi connectivity index (χ4n) is 3.96. The molecule has 0 N–H and O–H groups in total. The van der Waals surface area contributed by atoms with Crippen LogP contribution in [-0.2, 0) is 16.0 Å². The van der Waals surface area contributed by atoms with Crippen molar-refractivity contribution in [2.45, 2.75) is 44.8 Å². The van der Waals surface area contributed by atoms with Gasteiger partial charge in [-0.3, -0.25) is 4.90 Å². The lowest BCUT2D eigenvalue weighted by Crippen LogP contribution is -2.56. The van der Waals surface area contributed by atoms with Gasteiger partial charge in [-0.05, 0) is 38.0 Å². The van der Waals surface area contributed by atoms with Gasteiger partial charge in [0.2, 0.25) is 0 Å². The first-order valence-corrected chi connectivity index (χ1v) is 9.52. The van der Waals surface area contributed by atoms with Crippen molar-refractivity contribution in [2.75, 3.05) is 32.9 Å². The van der Waals surface area contributed by atoms with Gasteiger partial charge >= 0.3 is 0 Å². The number of likely N-dealkylation sites (tertiary alicyclic amines) is 1. The molecular weight excluding hydrogens is 296 g/mol. The van der Waals surface area contributed by atoms with Gasteiger partial charge in [-0.25, -0.2) is 4.98 Å². The van der Waals surface area contributed by atoms with Gasteiger partial charge in [-0.15, -0.1) is 11.3 Å². The lowest BCUT2D eigenvalue weighted by molar-refractivity contribution is -0.154. The number of thiazole rings is 1. The molecule has 1 aliphatic carbocycles. The van der Waals surface area contributed by atoms with Crippen LogP contribution in [0.3, 0.4) is 0 Å². The molecule has 0 radical (unpaired) electrons. The van der Waals surface area contributed by atoms with E-state index < -0.39 is 0 Å². The molecule has 22 heavy (non-hydrogen) atoms. The number of rotatable bonds is 6. The van der Waals surface area contributed by atoms with Crippen molar-refractivity contribution in [2.24, 2.45) is 11.3 Å². The van der Waals surface area contributed by atoms with E-state index in [1.165, 1.54) is 30.7 Å². The summed E-state index contributed by atoms with van der Waals surface area (Å²) in [7, 11) is 0. The van der Waals surface area contributed by atoms with E-state index in [9.17, 15) is 0 Å². The van der Waals surface area contributed by atoms with E-state index in [0.29, 0.717) is 6.10 Å². The predicted molar refractivity (Wildman–Crippen MR) is 87.0 cm³/mol. The van der Waals surface area contributed by atoms with E-state index >= 15 is 0 Å². The van der Waals surface area contributed by atoms with Gasteiger partial charge < -0.3 is 9.47 Å². The van der Waals surface area contributed by atoms with Crippen LogP contribution in [0.5, 0.6) is 0 Å². The van der Waals surface area contributed by atoms with E-state index in [0.717, 1.165) is 51.8 Å². The van der Waals surface area contributed by atoms with E-state index in [2.05, 4.69) is 15.3 Å². The Morgan fingerprint density at radius 2 is 2.36 bits per heavy atom. The molecule has 0 unspecified atom stereocenters. The fourth-order valence-corrected chi connectivity index (χ4v) is 4.62. The monoisotopic (exact) mass is 322 g/mol. The standard InChI is InChI=1S/C17H26N2O2S/c1-5-17(13-20-11-14-2-3-14)12-19(7-4-15(17)21-8-1)10-16-18-6-9-22-16/h6,9,14-15H,1-5,7-8,10-13H2/t15-,17+/m0/s1. The summed E-state index contributed by atoms with van der Waals surface area (Å²) >= 11 is 1.76. The Kier molecular flexibility index (Phi) is 4.49. The normalized spacial score (nSPS) is 32.8. The average Bonchev–Trinajstić information content (AvgIpc) is 3.22. The third-order valence-corrected chi connectivity index (χ3v) is 6.11. The maximum Gasteiger partial charge on any atom is 0.107 e. The zero-order valence-corrected chi connectivity index (χ0v) is 14.0. The number of fused-ring (bicyclic) bond motifs is 1. The highest BCUT2D eigenvalue weighted by molar-refractivity contribution is 7.09. The molecule has 3 fully saturated rings. The van der Waals surface area contributed by atoms with Crippen LogP contribution >= 0.6 is 11.3 Å². The summed E-state index contributed by atoms with van der Waals surface area (Å²) in [6.07, 6.45) is 8.59. The van der Waals surface area contributed by atoms with E-state index in [1.54, 1.807) is 11.3 Å². The van der Waals surface area contributed by atoms with Gasteiger partial charge in [-0.2, -0.15) is 0 Å². The van der Waals surface area contributed by atoms with Crippen LogP contribution in [0.25, 0.3) is 0 Å². The fraction of sp³-hybridized carbons (Fsp3) is 0.824. The molecule has 1 saturated carbocycles. The van der Waals surface area contributed by atoms with Gasteiger partial charge in [0, 0.05) is 43.3 Å². The Morgan fingerprint density at radius 1 is 1.41 bits per heavy atom. The molecule has 5 heteroatoms. The third kappa shape index (κ3) is 3.37. The lowest BCUT2D eigenvalue weighted by atomic mass is 9.73. The molecule has 4 nitrogen and oxygen atoms in total. The average molecular weight is 322 g/mol. The van der Waals surface area contributed by atoms with Gasteiger partial charge in [0.15, 0.2) is 0 Å². The van der Waals surface area contributed by atoms with Gasteiger partial charge in [-0.1, -0.05) is 0 Å². The maximum absolute atomic E-state index is 6.12. The topological polar surface area (TPSA) is 34.6 Å². The Morgan fingerprint density at radius 3 is 3.18 bits per heavy atom. The van der Waals surface area contributed by atoms with Crippen LogP contribution in [0, 0.1) is 11.3 Å². The molecule has 0 spiro atoms. The molecule has 3 heterocycles. The number of hydrogen-bond acceptors (Lipinski definition) is 5. The summed E-state index contributed by atoms with van der Waals surface area (Å²) in [6.45, 7) is 5.97. The molecule has 4 rings (SSSR count). The predicted octanol–water partition coefficient (Wildman–Crippen LogP) is 2.94. The second-order valence-corrected chi connectivity index (χ2v) is 8.19. The first-order valence-electron chi connectivity index (χ1n) is 8.64. The van der Waals surface area contributed by atoms with Crippen molar-refractivity contribution in [3.05, 3.63) is 16.6 Å². The van der Waals surface area contributed by atoms with Crippen molar-refractivity contribution in [1.29, 1.82) is 0 Å². The van der Waals surface area contributed by atoms with Crippen molar-refractivity contribution in [3.8, 4) is 0 Å². The molecule has 122 valence electrons. The highest BCUT2D eigenvalue weighted by Gasteiger charge is 2.46. The number of hydrogen-bond donors (Lipinski definition) is 0. The second-order valence-electron chi connectivity index (χ2n) is 7.21. The molecule has 2 atom stereocenters. The summed E-state index contributed by atoms with van der Waals surface area (Å²) in [6, 6.07) is 0. The zero-order chi connectivity index (χ0) is 14.8. The zero-order valence-electron chi connectivity index (χ0n) is 13.2. The molecule has 2 aliphatic heterocycles. The molecule has 2 saturated heterocycles. The number of ether oxygens (including phenoxy) is 2. The highest BCUT2D eigenvalue weighted by atomic mass is 32.1. The summed E-state index contributed by atoms with van der Waals surface area (Å²) in [5, 5.41) is 3.30. The Bertz CT molecular complexity index is 477. The van der Waals surface area contributed by atoms with Crippen LogP contribution in [0.15, 0.2) is 11.6 Å². The van der Waals surface area contributed by atoms with E-state index in [-0.39, 0.29) is 5.41 Å². The van der Waals surface area contributed by atoms with Crippen LogP contribution < -0.4 is 0 Å². The van der Waals surface area contributed by atoms with Crippen LogP contribution in [0.2, 0.25) is 0 Å². The molecule has 0 bridgehead atoms. The molecule has 0 aromatic carbocycles. The van der Waals surface area contributed by atoms with Crippen LogP contribution in [0.4, 0.5) is 0 Å². The first kappa shape index (κ1) is 15.1. The van der Waals surface area contributed by atoms with Gasteiger partial charge in [0.05, 0.1) is 19.3 Å². The number of piperidine rings is 1. The third-order valence-electron chi connectivity index (χ3n) is 5.35. The SMILES string of the molecule is c1csc(CN2CC[C@@H]3OCCC[C@]3(COCC3CC3)C2)n1. The molecule has 1 aromatic rings. The first-order chi connectivity index (χ1) is 10.8. The minimum Gasteiger partial charge on any atom is -0.380 e. The van der Waals surface area contributed by atoms with Crippen molar-refractivity contribution in [3.63, 3.8) is 0 Å². The van der Waals surface area contributed by atoms with Gasteiger partial charge in [0.1, 0.15) is 5.01 Å².